The largest absolute Gasteiger partial charge is 0.296 e. The van der Waals surface area contributed by atoms with Crippen molar-refractivity contribution in [1.82, 2.24) is 5.32 Å². The van der Waals surface area contributed by atoms with Gasteiger partial charge < -0.3 is 0 Å². The van der Waals surface area contributed by atoms with E-state index in [4.69, 9.17) is 0 Å². The van der Waals surface area contributed by atoms with Crippen LogP contribution in [-0.2, 0) is 9.59 Å². The Hall–Kier alpha value is -0.860. The van der Waals surface area contributed by atoms with Crippen molar-refractivity contribution < 1.29 is 9.59 Å². The Morgan fingerprint density at radius 2 is 2.15 bits per heavy atom. The predicted octanol–water partition coefficient (Wildman–Crippen LogP) is 1.23. The molecule has 1 atom stereocenters. The molecule has 0 aromatic rings. The van der Waals surface area contributed by atoms with Gasteiger partial charge in [-0.15, -0.1) is 0 Å². The minimum Gasteiger partial charge on any atom is -0.296 e. The third-order valence-electron chi connectivity index (χ3n) is 3.59. The van der Waals surface area contributed by atoms with Gasteiger partial charge in [-0.1, -0.05) is 13.3 Å². The molecule has 0 bridgehead atoms. The van der Waals surface area contributed by atoms with Gasteiger partial charge in [-0.2, -0.15) is 0 Å². The molecular weight excluding hydrogens is 166 g/mol. The second kappa shape index (κ2) is 2.82. The van der Waals surface area contributed by atoms with Gasteiger partial charge >= 0.3 is 0 Å². The summed E-state index contributed by atoms with van der Waals surface area (Å²) in [7, 11) is 0. The summed E-state index contributed by atoms with van der Waals surface area (Å²) in [6.45, 7) is 2.03. The maximum Gasteiger partial charge on any atom is 0.230 e. The lowest BCUT2D eigenvalue weighted by atomic mass is 9.57. The fraction of sp³-hybridized carbons (Fsp3) is 0.800. The maximum atomic E-state index is 11.5. The summed E-state index contributed by atoms with van der Waals surface area (Å²) in [5.74, 6) is -0.0354. The number of hydrogen-bond acceptors (Lipinski definition) is 2. The highest BCUT2D eigenvalue weighted by atomic mass is 16.2. The van der Waals surface area contributed by atoms with Crippen molar-refractivity contribution in [2.45, 2.75) is 39.0 Å². The minimum atomic E-state index is -0.0746. The molecule has 3 nitrogen and oxygen atoms in total. The molecule has 13 heavy (non-hydrogen) atoms. The van der Waals surface area contributed by atoms with Crippen LogP contribution in [0.15, 0.2) is 0 Å². The number of piperidine rings is 1. The molecule has 1 heterocycles. The van der Waals surface area contributed by atoms with Gasteiger partial charge in [-0.3, -0.25) is 14.9 Å². The molecule has 1 aliphatic heterocycles. The first-order valence-corrected chi connectivity index (χ1v) is 5.02. The van der Waals surface area contributed by atoms with Gasteiger partial charge in [0.1, 0.15) is 0 Å². The highest BCUT2D eigenvalue weighted by Gasteiger charge is 2.50. The second-order valence-corrected chi connectivity index (χ2v) is 4.27. The van der Waals surface area contributed by atoms with E-state index in [9.17, 15) is 9.59 Å². The number of rotatable bonds is 1. The van der Waals surface area contributed by atoms with Crippen LogP contribution in [0.1, 0.15) is 39.0 Å². The molecule has 72 valence electrons. The van der Waals surface area contributed by atoms with Crippen molar-refractivity contribution in [2.24, 2.45) is 11.3 Å². The Kier molecular flexibility index (Phi) is 1.90. The van der Waals surface area contributed by atoms with Gasteiger partial charge in [0.15, 0.2) is 0 Å². The first-order chi connectivity index (χ1) is 6.18. The van der Waals surface area contributed by atoms with Gasteiger partial charge in [0, 0.05) is 12.3 Å². The van der Waals surface area contributed by atoms with Crippen LogP contribution in [0, 0.1) is 11.3 Å². The number of carbonyl (C=O) groups is 2. The Balaban J connectivity index is 2.22. The first-order valence-electron chi connectivity index (χ1n) is 5.02. The number of imide groups is 1. The van der Waals surface area contributed by atoms with Crippen LogP contribution in [0.3, 0.4) is 0 Å². The highest BCUT2D eigenvalue weighted by Crippen LogP contribution is 2.52. The number of hydrogen-bond donors (Lipinski definition) is 1. The summed E-state index contributed by atoms with van der Waals surface area (Å²) in [5.41, 5.74) is 0.0498. The molecular formula is C10H15NO2. The van der Waals surface area contributed by atoms with Crippen LogP contribution in [0.5, 0.6) is 0 Å². The zero-order valence-electron chi connectivity index (χ0n) is 7.93. The number of carbonyl (C=O) groups excluding carboxylic acids is 2. The van der Waals surface area contributed by atoms with Crippen molar-refractivity contribution >= 4 is 11.8 Å². The Morgan fingerprint density at radius 1 is 1.46 bits per heavy atom. The Labute approximate surface area is 77.9 Å². The Bertz CT molecular complexity index is 256. The molecule has 1 saturated heterocycles. The zero-order chi connectivity index (χ0) is 9.47. The molecule has 2 amide bonds. The van der Waals surface area contributed by atoms with Crippen molar-refractivity contribution in [3.8, 4) is 0 Å². The topological polar surface area (TPSA) is 46.2 Å². The van der Waals surface area contributed by atoms with Crippen molar-refractivity contribution in [1.29, 1.82) is 0 Å². The highest BCUT2D eigenvalue weighted by molar-refractivity contribution is 5.99. The van der Waals surface area contributed by atoms with Crippen LogP contribution < -0.4 is 5.32 Å². The normalized spacial score (nSPS) is 31.3. The average molecular weight is 181 g/mol. The standard InChI is InChI=1S/C10H15NO2/c1-2-7-9(13)11-8(12)6-10(7)4-3-5-10/h7H,2-6H2,1H3,(H,11,12,13). The summed E-state index contributed by atoms with van der Waals surface area (Å²) < 4.78 is 0. The SMILES string of the molecule is CCC1C(=O)NC(=O)CC12CCC2. The lowest BCUT2D eigenvalue weighted by Gasteiger charge is -2.48. The molecule has 1 saturated carbocycles. The van der Waals surface area contributed by atoms with Crippen LogP contribution in [0.2, 0.25) is 0 Å². The van der Waals surface area contributed by atoms with Crippen molar-refractivity contribution in [3.63, 3.8) is 0 Å². The summed E-state index contributed by atoms with van der Waals surface area (Å²) in [6.07, 6.45) is 4.72. The molecule has 2 aliphatic rings. The van der Waals surface area contributed by atoms with Gasteiger partial charge in [-0.05, 0) is 24.7 Å². The van der Waals surface area contributed by atoms with Crippen LogP contribution in [-0.4, -0.2) is 11.8 Å². The summed E-state index contributed by atoms with van der Waals surface area (Å²) >= 11 is 0. The molecule has 3 heteroatoms. The zero-order valence-corrected chi connectivity index (χ0v) is 7.93. The summed E-state index contributed by atoms with van der Waals surface area (Å²) in [5, 5.41) is 2.43. The fourth-order valence-corrected chi connectivity index (χ4v) is 2.76. The smallest absolute Gasteiger partial charge is 0.230 e. The van der Waals surface area contributed by atoms with E-state index in [1.807, 2.05) is 6.92 Å². The van der Waals surface area contributed by atoms with Gasteiger partial charge in [0.25, 0.3) is 0 Å². The van der Waals surface area contributed by atoms with Gasteiger partial charge in [-0.25, -0.2) is 0 Å². The Morgan fingerprint density at radius 3 is 2.62 bits per heavy atom. The minimum absolute atomic E-state index is 0.0431. The predicted molar refractivity (Wildman–Crippen MR) is 47.8 cm³/mol. The quantitative estimate of drug-likeness (QED) is 0.618. The molecule has 1 unspecified atom stereocenters. The molecule has 2 fully saturated rings. The fourth-order valence-electron chi connectivity index (χ4n) is 2.76. The monoisotopic (exact) mass is 181 g/mol. The van der Waals surface area contributed by atoms with E-state index in [0.29, 0.717) is 6.42 Å². The molecule has 1 N–H and O–H groups in total. The molecule has 1 spiro atoms. The van der Waals surface area contributed by atoms with Gasteiger partial charge in [0.2, 0.25) is 11.8 Å². The molecule has 0 aromatic heterocycles. The number of nitrogens with one attached hydrogen (secondary N) is 1. The molecule has 2 rings (SSSR count). The molecule has 0 radical (unpaired) electrons. The third-order valence-corrected chi connectivity index (χ3v) is 3.59. The van der Waals surface area contributed by atoms with E-state index in [2.05, 4.69) is 5.32 Å². The lowest BCUT2D eigenvalue weighted by Crippen LogP contribution is -2.54. The van der Waals surface area contributed by atoms with E-state index in [-0.39, 0.29) is 23.1 Å². The molecule has 1 aliphatic carbocycles. The summed E-state index contributed by atoms with van der Waals surface area (Å²) in [6, 6.07) is 0. The lowest BCUT2D eigenvalue weighted by molar-refractivity contribution is -0.148. The van der Waals surface area contributed by atoms with E-state index in [1.165, 1.54) is 6.42 Å². The summed E-state index contributed by atoms with van der Waals surface area (Å²) in [4.78, 5) is 22.7. The van der Waals surface area contributed by atoms with E-state index >= 15 is 0 Å². The third kappa shape index (κ3) is 1.18. The average Bonchev–Trinajstić information content (AvgIpc) is 2.00. The van der Waals surface area contributed by atoms with Crippen molar-refractivity contribution in [3.05, 3.63) is 0 Å². The second-order valence-electron chi connectivity index (χ2n) is 4.27. The van der Waals surface area contributed by atoms with E-state index < -0.39 is 0 Å². The maximum absolute atomic E-state index is 11.5. The van der Waals surface area contributed by atoms with Crippen LogP contribution in [0.4, 0.5) is 0 Å². The van der Waals surface area contributed by atoms with Crippen molar-refractivity contribution in [2.75, 3.05) is 0 Å². The number of amides is 2. The van der Waals surface area contributed by atoms with Crippen LogP contribution in [0.25, 0.3) is 0 Å². The first kappa shape index (κ1) is 8.73. The van der Waals surface area contributed by atoms with E-state index in [0.717, 1.165) is 19.3 Å². The molecule has 0 aromatic carbocycles. The van der Waals surface area contributed by atoms with Crippen LogP contribution >= 0.6 is 0 Å². The van der Waals surface area contributed by atoms with E-state index in [1.54, 1.807) is 0 Å². The van der Waals surface area contributed by atoms with Gasteiger partial charge in [0.05, 0.1) is 0 Å².